The van der Waals surface area contributed by atoms with Crippen LogP contribution in [0.15, 0.2) is 53.4 Å². The monoisotopic (exact) mass is 460 g/mol. The molecule has 0 atom stereocenters. The number of hydrogen-bond donors (Lipinski definition) is 2. The van der Waals surface area contributed by atoms with Crippen molar-refractivity contribution in [3.8, 4) is 11.4 Å². The molecule has 2 aromatic carbocycles. The van der Waals surface area contributed by atoms with Crippen LogP contribution in [0.4, 0.5) is 10.2 Å². The van der Waals surface area contributed by atoms with Crippen LogP contribution in [-0.4, -0.2) is 38.3 Å². The third-order valence-corrected chi connectivity index (χ3v) is 6.21. The van der Waals surface area contributed by atoms with Gasteiger partial charge in [0.25, 0.3) is 5.91 Å². The van der Waals surface area contributed by atoms with Gasteiger partial charge in [0.1, 0.15) is 22.3 Å². The average molecular weight is 461 g/mol. The molecule has 0 fully saturated rings. The van der Waals surface area contributed by atoms with E-state index in [-0.39, 0.29) is 27.4 Å². The molecule has 3 aromatic rings. The van der Waals surface area contributed by atoms with E-state index in [1.165, 1.54) is 49.2 Å². The molecule has 2 N–H and O–H groups in total. The maximum absolute atomic E-state index is 13.4. The van der Waals surface area contributed by atoms with Gasteiger partial charge in [-0.15, -0.1) is 0 Å². The summed E-state index contributed by atoms with van der Waals surface area (Å²) in [4.78, 5) is 12.9. The average Bonchev–Trinajstić information content (AvgIpc) is 3.18. The zero-order valence-electron chi connectivity index (χ0n) is 18.4. The summed E-state index contributed by atoms with van der Waals surface area (Å²) >= 11 is 0. The molecule has 0 saturated heterocycles. The lowest BCUT2D eigenvalue weighted by atomic mass is 9.92. The van der Waals surface area contributed by atoms with Gasteiger partial charge in [-0.2, -0.15) is 5.10 Å². The molecule has 3 rings (SSSR count). The summed E-state index contributed by atoms with van der Waals surface area (Å²) in [5, 5.41) is 7.36. The van der Waals surface area contributed by atoms with Gasteiger partial charge in [0.05, 0.1) is 18.5 Å². The number of nitrogens with zero attached hydrogens (tertiary/aromatic N) is 2. The number of sulfonamides is 1. The molecule has 0 aliphatic rings. The summed E-state index contributed by atoms with van der Waals surface area (Å²) in [6.45, 7) is 5.94. The first-order chi connectivity index (χ1) is 15.0. The fourth-order valence-electron chi connectivity index (χ4n) is 2.94. The van der Waals surface area contributed by atoms with Crippen molar-refractivity contribution in [2.24, 2.45) is 0 Å². The Kier molecular flexibility index (Phi) is 6.38. The Labute approximate surface area is 186 Å². The minimum Gasteiger partial charge on any atom is -0.495 e. The molecule has 0 spiro atoms. The molecule has 0 saturated carbocycles. The van der Waals surface area contributed by atoms with Crippen molar-refractivity contribution >= 4 is 21.7 Å². The van der Waals surface area contributed by atoms with Crippen molar-refractivity contribution in [2.45, 2.75) is 31.1 Å². The van der Waals surface area contributed by atoms with Gasteiger partial charge in [0.2, 0.25) is 10.0 Å². The molecule has 1 amide bonds. The molecule has 10 heteroatoms. The van der Waals surface area contributed by atoms with Crippen LogP contribution in [0.25, 0.3) is 5.69 Å². The standard InChI is InChI=1S/C22H25FN4O4S/c1-22(2,3)19-13-20(27(26-19)16-9-7-15(23)8-10-16)25-21(28)14-6-11-17(31-5)18(12-14)32(29,30)24-4/h6-13,24H,1-5H3,(H,25,28). The van der Waals surface area contributed by atoms with Gasteiger partial charge in [-0.1, -0.05) is 20.8 Å². The van der Waals surface area contributed by atoms with Gasteiger partial charge in [0.15, 0.2) is 0 Å². The Morgan fingerprint density at radius 1 is 1.09 bits per heavy atom. The lowest BCUT2D eigenvalue weighted by Crippen LogP contribution is -2.21. The second-order valence-electron chi connectivity index (χ2n) is 8.08. The van der Waals surface area contributed by atoms with Gasteiger partial charge >= 0.3 is 0 Å². The highest BCUT2D eigenvalue weighted by atomic mass is 32.2. The first-order valence-electron chi connectivity index (χ1n) is 9.75. The van der Waals surface area contributed by atoms with Crippen LogP contribution in [0.1, 0.15) is 36.8 Å². The fraction of sp³-hybridized carbons (Fsp3) is 0.273. The van der Waals surface area contributed by atoms with Gasteiger partial charge < -0.3 is 10.1 Å². The third-order valence-electron chi connectivity index (χ3n) is 4.77. The van der Waals surface area contributed by atoms with E-state index in [1.807, 2.05) is 20.8 Å². The first kappa shape index (κ1) is 23.4. The van der Waals surface area contributed by atoms with Crippen LogP contribution in [0, 0.1) is 5.82 Å². The van der Waals surface area contributed by atoms with E-state index in [0.29, 0.717) is 17.2 Å². The van der Waals surface area contributed by atoms with E-state index < -0.39 is 15.9 Å². The predicted molar refractivity (Wildman–Crippen MR) is 119 cm³/mol. The van der Waals surface area contributed by atoms with Gasteiger partial charge in [-0.3, -0.25) is 4.79 Å². The van der Waals surface area contributed by atoms with E-state index in [9.17, 15) is 17.6 Å². The minimum atomic E-state index is -3.85. The lowest BCUT2D eigenvalue weighted by Gasteiger charge is -2.14. The topological polar surface area (TPSA) is 102 Å². The maximum Gasteiger partial charge on any atom is 0.256 e. The van der Waals surface area contributed by atoms with Crippen LogP contribution >= 0.6 is 0 Å². The zero-order chi connectivity index (χ0) is 23.7. The fourth-order valence-corrected chi connectivity index (χ4v) is 3.86. The largest absolute Gasteiger partial charge is 0.495 e. The molecule has 170 valence electrons. The Bertz CT molecular complexity index is 1250. The number of hydrogen-bond acceptors (Lipinski definition) is 5. The molecule has 1 heterocycles. The van der Waals surface area contributed by atoms with Crippen molar-refractivity contribution in [3.05, 3.63) is 65.6 Å². The van der Waals surface area contributed by atoms with Gasteiger partial charge in [-0.25, -0.2) is 22.2 Å². The molecule has 0 radical (unpaired) electrons. The van der Waals surface area contributed by atoms with Gasteiger partial charge in [-0.05, 0) is 49.5 Å². The molecule has 1 aromatic heterocycles. The Morgan fingerprint density at radius 2 is 1.75 bits per heavy atom. The number of aromatic nitrogens is 2. The molecule has 0 aliphatic heterocycles. The number of amides is 1. The number of benzene rings is 2. The Morgan fingerprint density at radius 3 is 2.31 bits per heavy atom. The molecule has 0 aliphatic carbocycles. The number of nitrogens with one attached hydrogen (secondary N) is 2. The van der Waals surface area contributed by atoms with Crippen LogP contribution in [0.3, 0.4) is 0 Å². The summed E-state index contributed by atoms with van der Waals surface area (Å²) < 4.78 is 46.9. The molecule has 0 unspecified atom stereocenters. The predicted octanol–water partition coefficient (Wildman–Crippen LogP) is 3.48. The number of carbonyl (C=O) groups excluding carboxylic acids is 1. The normalized spacial score (nSPS) is 11.9. The zero-order valence-corrected chi connectivity index (χ0v) is 19.2. The van der Waals surface area contributed by atoms with Crippen LogP contribution in [0.2, 0.25) is 0 Å². The van der Waals surface area contributed by atoms with Crippen LogP contribution < -0.4 is 14.8 Å². The smallest absolute Gasteiger partial charge is 0.256 e. The van der Waals surface area contributed by atoms with Crippen molar-refractivity contribution < 1.29 is 22.3 Å². The van der Waals surface area contributed by atoms with Crippen LogP contribution in [0.5, 0.6) is 5.75 Å². The number of anilines is 1. The second kappa shape index (κ2) is 8.71. The Balaban J connectivity index is 2.03. The summed E-state index contributed by atoms with van der Waals surface area (Å²) in [6.07, 6.45) is 0. The number of ether oxygens (including phenoxy) is 1. The quantitative estimate of drug-likeness (QED) is 0.586. The summed E-state index contributed by atoms with van der Waals surface area (Å²) in [5.74, 6) is -0.453. The van der Waals surface area contributed by atoms with Gasteiger partial charge in [0, 0.05) is 17.0 Å². The summed E-state index contributed by atoms with van der Waals surface area (Å²) in [5.41, 5.74) is 1.08. The van der Waals surface area contributed by atoms with Crippen molar-refractivity contribution in [2.75, 3.05) is 19.5 Å². The van der Waals surface area contributed by atoms with E-state index in [4.69, 9.17) is 4.74 Å². The number of rotatable bonds is 6. The van der Waals surface area contributed by atoms with Crippen LogP contribution in [-0.2, 0) is 15.4 Å². The van der Waals surface area contributed by atoms with E-state index in [1.54, 1.807) is 18.2 Å². The van der Waals surface area contributed by atoms with Crippen molar-refractivity contribution in [1.29, 1.82) is 0 Å². The van der Waals surface area contributed by atoms with Crippen molar-refractivity contribution in [3.63, 3.8) is 0 Å². The van der Waals surface area contributed by atoms with E-state index in [2.05, 4.69) is 15.1 Å². The summed E-state index contributed by atoms with van der Waals surface area (Å²) in [7, 11) is -1.23. The molecule has 32 heavy (non-hydrogen) atoms. The van der Waals surface area contributed by atoms with E-state index in [0.717, 1.165) is 0 Å². The highest BCUT2D eigenvalue weighted by Crippen LogP contribution is 2.28. The summed E-state index contributed by atoms with van der Waals surface area (Å²) in [6, 6.07) is 11.6. The number of halogens is 1. The maximum atomic E-state index is 13.4. The minimum absolute atomic E-state index is 0.113. The third kappa shape index (κ3) is 4.81. The molecular weight excluding hydrogens is 435 g/mol. The van der Waals surface area contributed by atoms with E-state index >= 15 is 0 Å². The molecular formula is C22H25FN4O4S. The van der Waals surface area contributed by atoms with Crippen molar-refractivity contribution in [1.82, 2.24) is 14.5 Å². The highest BCUT2D eigenvalue weighted by molar-refractivity contribution is 7.89. The number of carbonyl (C=O) groups is 1. The highest BCUT2D eigenvalue weighted by Gasteiger charge is 2.24. The Hall–Kier alpha value is -3.24. The number of methoxy groups -OCH3 is 1. The molecule has 8 nitrogen and oxygen atoms in total. The SMILES string of the molecule is CNS(=O)(=O)c1cc(C(=O)Nc2cc(C(C)(C)C)nn2-c2ccc(F)cc2)ccc1OC. The first-order valence-corrected chi connectivity index (χ1v) is 11.2. The lowest BCUT2D eigenvalue weighted by molar-refractivity contribution is 0.102. The molecule has 0 bridgehead atoms. The second-order valence-corrected chi connectivity index (χ2v) is 9.94.